The third-order valence-electron chi connectivity index (χ3n) is 3.28. The van der Waals surface area contributed by atoms with Crippen molar-refractivity contribution in [1.82, 2.24) is 10.3 Å². The number of ether oxygens (including phenoxy) is 1. The minimum Gasteiger partial charge on any atom is -0.508 e. The number of phenolic OH excluding ortho intramolecular Hbond substituents is 1. The fraction of sp³-hybridized carbons (Fsp3) is 0.267. The minimum absolute atomic E-state index is 0.194. The van der Waals surface area contributed by atoms with Gasteiger partial charge in [-0.15, -0.1) is 0 Å². The number of nitrogens with zero attached hydrogens (tertiary/aromatic N) is 1. The van der Waals surface area contributed by atoms with Gasteiger partial charge < -0.3 is 15.2 Å². The number of fused-ring (bicyclic) bond motifs is 1. The summed E-state index contributed by atoms with van der Waals surface area (Å²) in [6, 6.07) is 11.4. The number of benzene rings is 1. The molecule has 0 bridgehead atoms. The lowest BCUT2D eigenvalue weighted by Crippen LogP contribution is -2.24. The molecule has 1 aromatic heterocycles. The van der Waals surface area contributed by atoms with Crippen molar-refractivity contribution in [1.29, 1.82) is 0 Å². The number of hydrogen-bond acceptors (Lipinski definition) is 4. The molecule has 0 amide bonds. The van der Waals surface area contributed by atoms with Crippen molar-refractivity contribution in [3.05, 3.63) is 53.9 Å². The largest absolute Gasteiger partial charge is 0.508 e. The van der Waals surface area contributed by atoms with Gasteiger partial charge in [-0.25, -0.2) is 0 Å². The monoisotopic (exact) mass is 256 g/mol. The molecule has 98 valence electrons. The Bertz CT molecular complexity index is 557. The zero-order valence-corrected chi connectivity index (χ0v) is 10.5. The van der Waals surface area contributed by atoms with Crippen LogP contribution in [0.2, 0.25) is 0 Å². The molecule has 1 aliphatic rings. The summed E-state index contributed by atoms with van der Waals surface area (Å²) >= 11 is 0. The van der Waals surface area contributed by atoms with Gasteiger partial charge in [0.05, 0.1) is 6.04 Å². The zero-order valence-electron chi connectivity index (χ0n) is 10.5. The highest BCUT2D eigenvalue weighted by Crippen LogP contribution is 2.34. The van der Waals surface area contributed by atoms with E-state index in [2.05, 4.69) is 10.3 Å². The van der Waals surface area contributed by atoms with Gasteiger partial charge in [0.25, 0.3) is 0 Å². The standard InChI is InChI=1S/C15H16N2O2/c18-12-4-5-13-14(10-19-15(13)9-12)17-8-6-11-3-1-2-7-16-11/h1-5,7,9,14,17-18H,6,8,10H2. The van der Waals surface area contributed by atoms with E-state index in [0.29, 0.717) is 6.61 Å². The quantitative estimate of drug-likeness (QED) is 0.879. The van der Waals surface area contributed by atoms with Gasteiger partial charge in [0.2, 0.25) is 0 Å². The first-order valence-corrected chi connectivity index (χ1v) is 6.42. The van der Waals surface area contributed by atoms with Gasteiger partial charge in [0, 0.05) is 36.5 Å². The first kappa shape index (κ1) is 12.0. The molecule has 1 aliphatic heterocycles. The molecule has 1 atom stereocenters. The molecule has 0 fully saturated rings. The van der Waals surface area contributed by atoms with E-state index in [0.717, 1.165) is 30.0 Å². The van der Waals surface area contributed by atoms with E-state index in [1.807, 2.05) is 30.5 Å². The highest BCUT2D eigenvalue weighted by atomic mass is 16.5. The summed E-state index contributed by atoms with van der Waals surface area (Å²) in [6.45, 7) is 1.46. The van der Waals surface area contributed by atoms with Crippen molar-refractivity contribution in [3.8, 4) is 11.5 Å². The molecule has 3 rings (SSSR count). The van der Waals surface area contributed by atoms with Crippen LogP contribution in [0.1, 0.15) is 17.3 Å². The van der Waals surface area contributed by atoms with Crippen LogP contribution in [0.15, 0.2) is 42.6 Å². The Balaban J connectivity index is 1.58. The maximum absolute atomic E-state index is 9.40. The average Bonchev–Trinajstić information content (AvgIpc) is 2.82. The van der Waals surface area contributed by atoms with E-state index in [9.17, 15) is 5.11 Å². The molecule has 2 N–H and O–H groups in total. The zero-order chi connectivity index (χ0) is 13.1. The van der Waals surface area contributed by atoms with E-state index >= 15 is 0 Å². The SMILES string of the molecule is Oc1ccc2c(c1)OCC2NCCc1ccccn1. The fourth-order valence-electron chi connectivity index (χ4n) is 2.29. The van der Waals surface area contributed by atoms with Gasteiger partial charge in [-0.3, -0.25) is 4.98 Å². The topological polar surface area (TPSA) is 54.4 Å². The van der Waals surface area contributed by atoms with E-state index < -0.39 is 0 Å². The lowest BCUT2D eigenvalue weighted by molar-refractivity contribution is 0.311. The van der Waals surface area contributed by atoms with Crippen LogP contribution >= 0.6 is 0 Å². The van der Waals surface area contributed by atoms with Crippen LogP contribution in [0, 0.1) is 0 Å². The molecule has 1 unspecified atom stereocenters. The average molecular weight is 256 g/mol. The molecule has 2 heterocycles. The first-order valence-electron chi connectivity index (χ1n) is 6.42. The van der Waals surface area contributed by atoms with Crippen LogP contribution in [0.5, 0.6) is 11.5 Å². The Morgan fingerprint density at radius 3 is 3.11 bits per heavy atom. The number of aromatic hydroxyl groups is 1. The van der Waals surface area contributed by atoms with Crippen LogP contribution < -0.4 is 10.1 Å². The van der Waals surface area contributed by atoms with Gasteiger partial charge in [0.15, 0.2) is 0 Å². The molecule has 2 aromatic rings. The van der Waals surface area contributed by atoms with Crippen LogP contribution in [0.3, 0.4) is 0 Å². The summed E-state index contributed by atoms with van der Waals surface area (Å²) < 4.78 is 5.56. The van der Waals surface area contributed by atoms with Crippen molar-refractivity contribution < 1.29 is 9.84 Å². The molecule has 0 saturated carbocycles. The number of pyridine rings is 1. The fourth-order valence-corrected chi connectivity index (χ4v) is 2.29. The smallest absolute Gasteiger partial charge is 0.127 e. The van der Waals surface area contributed by atoms with Crippen molar-refractivity contribution >= 4 is 0 Å². The summed E-state index contributed by atoms with van der Waals surface area (Å²) in [5, 5.41) is 12.9. The molecule has 0 aliphatic carbocycles. The van der Waals surface area contributed by atoms with Crippen LogP contribution in [0.25, 0.3) is 0 Å². The highest BCUT2D eigenvalue weighted by Gasteiger charge is 2.23. The summed E-state index contributed by atoms with van der Waals surface area (Å²) in [5.74, 6) is 1.02. The molecule has 0 saturated heterocycles. The highest BCUT2D eigenvalue weighted by molar-refractivity contribution is 5.44. The van der Waals surface area contributed by atoms with Gasteiger partial charge in [-0.2, -0.15) is 0 Å². The van der Waals surface area contributed by atoms with Crippen molar-refractivity contribution in [3.63, 3.8) is 0 Å². The Morgan fingerprint density at radius 2 is 2.26 bits per heavy atom. The first-order chi connectivity index (χ1) is 9.33. The molecule has 1 aromatic carbocycles. The molecule has 0 radical (unpaired) electrons. The van der Waals surface area contributed by atoms with Crippen LogP contribution in [0.4, 0.5) is 0 Å². The Kier molecular flexibility index (Phi) is 3.33. The number of hydrogen-bond donors (Lipinski definition) is 2. The number of aromatic nitrogens is 1. The Morgan fingerprint density at radius 1 is 1.32 bits per heavy atom. The predicted molar refractivity (Wildman–Crippen MR) is 72.3 cm³/mol. The minimum atomic E-state index is 0.194. The molecule has 0 spiro atoms. The van der Waals surface area contributed by atoms with Crippen LogP contribution in [-0.4, -0.2) is 23.2 Å². The second-order valence-corrected chi connectivity index (χ2v) is 4.61. The molecular weight excluding hydrogens is 240 g/mol. The van der Waals surface area contributed by atoms with Crippen molar-refractivity contribution in [2.24, 2.45) is 0 Å². The van der Waals surface area contributed by atoms with Crippen LogP contribution in [-0.2, 0) is 6.42 Å². The summed E-state index contributed by atoms with van der Waals surface area (Å²) in [6.07, 6.45) is 2.71. The van der Waals surface area contributed by atoms with Crippen molar-refractivity contribution in [2.45, 2.75) is 12.5 Å². The van der Waals surface area contributed by atoms with Gasteiger partial charge in [0.1, 0.15) is 18.1 Å². The molecule has 4 heteroatoms. The molecular formula is C15H16N2O2. The number of nitrogens with one attached hydrogen (secondary N) is 1. The Hall–Kier alpha value is -2.07. The summed E-state index contributed by atoms with van der Waals surface area (Å²) in [5.41, 5.74) is 2.19. The lowest BCUT2D eigenvalue weighted by atomic mass is 10.1. The van der Waals surface area contributed by atoms with E-state index in [1.165, 1.54) is 0 Å². The predicted octanol–water partition coefficient (Wildman–Crippen LogP) is 2.05. The van der Waals surface area contributed by atoms with E-state index in [-0.39, 0.29) is 11.8 Å². The van der Waals surface area contributed by atoms with Gasteiger partial charge in [-0.05, 0) is 24.3 Å². The summed E-state index contributed by atoms with van der Waals surface area (Å²) in [7, 11) is 0. The van der Waals surface area contributed by atoms with E-state index in [4.69, 9.17) is 4.74 Å². The maximum atomic E-state index is 9.40. The number of rotatable bonds is 4. The lowest BCUT2D eigenvalue weighted by Gasteiger charge is -2.11. The second kappa shape index (κ2) is 5.28. The molecule has 4 nitrogen and oxygen atoms in total. The Labute approximate surface area is 112 Å². The maximum Gasteiger partial charge on any atom is 0.127 e. The van der Waals surface area contributed by atoms with Crippen molar-refractivity contribution in [2.75, 3.05) is 13.2 Å². The molecule has 19 heavy (non-hydrogen) atoms. The van der Waals surface area contributed by atoms with Gasteiger partial charge >= 0.3 is 0 Å². The number of phenols is 1. The third kappa shape index (κ3) is 2.69. The normalized spacial score (nSPS) is 16.9. The van der Waals surface area contributed by atoms with E-state index in [1.54, 1.807) is 12.1 Å². The summed E-state index contributed by atoms with van der Waals surface area (Å²) in [4.78, 5) is 4.29. The second-order valence-electron chi connectivity index (χ2n) is 4.61. The van der Waals surface area contributed by atoms with Gasteiger partial charge in [-0.1, -0.05) is 6.07 Å². The third-order valence-corrected chi connectivity index (χ3v) is 3.28.